The quantitative estimate of drug-likeness (QED) is 0.683. The SMILES string of the molecule is CCN(CC)C(=O)c1ccc(C2=CC3(CCNCC3)CC(C)=C2/C=C(\C)O)cc1. The third-order valence-corrected chi connectivity index (χ3v) is 6.26. The number of hydrogen-bond donors (Lipinski definition) is 2. The zero-order chi connectivity index (χ0) is 21.0. The van der Waals surface area contributed by atoms with Crippen molar-refractivity contribution >= 4 is 11.5 Å². The van der Waals surface area contributed by atoms with Gasteiger partial charge in [0, 0.05) is 18.7 Å². The van der Waals surface area contributed by atoms with Gasteiger partial charge in [0.1, 0.15) is 0 Å². The molecule has 1 aliphatic heterocycles. The summed E-state index contributed by atoms with van der Waals surface area (Å²) in [6.45, 7) is 11.4. The van der Waals surface area contributed by atoms with Crippen LogP contribution in [0.1, 0.15) is 62.9 Å². The highest BCUT2D eigenvalue weighted by Gasteiger charge is 2.34. The number of amides is 1. The first-order valence-corrected chi connectivity index (χ1v) is 10.8. The van der Waals surface area contributed by atoms with Gasteiger partial charge in [-0.25, -0.2) is 0 Å². The molecule has 0 bridgehead atoms. The molecule has 1 aromatic rings. The summed E-state index contributed by atoms with van der Waals surface area (Å²) in [5.41, 5.74) is 5.61. The second kappa shape index (κ2) is 9.00. The Kier molecular flexibility index (Phi) is 6.63. The summed E-state index contributed by atoms with van der Waals surface area (Å²) in [5.74, 6) is 0.395. The monoisotopic (exact) mass is 394 g/mol. The van der Waals surface area contributed by atoms with Crippen molar-refractivity contribution in [3.63, 3.8) is 0 Å². The number of allylic oxidation sites excluding steroid dienone is 6. The summed E-state index contributed by atoms with van der Waals surface area (Å²) in [4.78, 5) is 14.5. The Bertz CT molecular complexity index is 832. The van der Waals surface area contributed by atoms with Crippen LogP contribution < -0.4 is 5.32 Å². The molecule has 2 aliphatic rings. The van der Waals surface area contributed by atoms with E-state index >= 15 is 0 Å². The number of carbonyl (C=O) groups is 1. The molecule has 3 rings (SSSR count). The lowest BCUT2D eigenvalue weighted by molar-refractivity contribution is 0.0773. The predicted molar refractivity (Wildman–Crippen MR) is 120 cm³/mol. The van der Waals surface area contributed by atoms with Crippen LogP contribution in [0.2, 0.25) is 0 Å². The van der Waals surface area contributed by atoms with E-state index in [-0.39, 0.29) is 11.3 Å². The number of nitrogens with zero attached hydrogens (tertiary/aromatic N) is 1. The van der Waals surface area contributed by atoms with E-state index in [2.05, 4.69) is 30.4 Å². The molecule has 0 radical (unpaired) electrons. The van der Waals surface area contributed by atoms with Crippen molar-refractivity contribution < 1.29 is 9.90 Å². The van der Waals surface area contributed by atoms with Crippen LogP contribution >= 0.6 is 0 Å². The lowest BCUT2D eigenvalue weighted by Crippen LogP contribution is -2.37. The molecular weight excluding hydrogens is 360 g/mol. The van der Waals surface area contributed by atoms with E-state index in [9.17, 15) is 9.90 Å². The third-order valence-electron chi connectivity index (χ3n) is 6.26. The van der Waals surface area contributed by atoms with Gasteiger partial charge in [-0.15, -0.1) is 0 Å². The van der Waals surface area contributed by atoms with Gasteiger partial charge in [-0.2, -0.15) is 0 Å². The van der Waals surface area contributed by atoms with E-state index in [1.54, 1.807) is 6.92 Å². The molecule has 4 nitrogen and oxygen atoms in total. The first-order chi connectivity index (χ1) is 13.9. The van der Waals surface area contributed by atoms with E-state index in [0.717, 1.165) is 49.1 Å². The fraction of sp³-hybridized carbons (Fsp3) is 0.480. The van der Waals surface area contributed by atoms with E-state index in [1.165, 1.54) is 11.1 Å². The molecule has 1 aromatic carbocycles. The lowest BCUT2D eigenvalue weighted by Gasteiger charge is -2.40. The van der Waals surface area contributed by atoms with E-state index < -0.39 is 0 Å². The molecule has 1 aliphatic carbocycles. The third kappa shape index (κ3) is 4.64. The molecule has 0 saturated carbocycles. The molecule has 0 atom stereocenters. The fourth-order valence-corrected chi connectivity index (χ4v) is 4.67. The number of carbonyl (C=O) groups excluding carboxylic acids is 1. The van der Waals surface area contributed by atoms with Gasteiger partial charge in [0.15, 0.2) is 0 Å². The zero-order valence-electron chi connectivity index (χ0n) is 18.2. The second-order valence-electron chi connectivity index (χ2n) is 8.38. The second-order valence-corrected chi connectivity index (χ2v) is 8.38. The molecule has 1 spiro atoms. The van der Waals surface area contributed by atoms with Crippen LogP contribution in [0.3, 0.4) is 0 Å². The van der Waals surface area contributed by atoms with Gasteiger partial charge in [-0.05, 0) is 100 Å². The van der Waals surface area contributed by atoms with Gasteiger partial charge in [-0.1, -0.05) is 23.8 Å². The minimum atomic E-state index is 0.0760. The Morgan fingerprint density at radius 1 is 1.17 bits per heavy atom. The number of hydrogen-bond acceptors (Lipinski definition) is 3. The molecule has 1 amide bonds. The van der Waals surface area contributed by atoms with Gasteiger partial charge in [0.25, 0.3) is 5.91 Å². The average molecular weight is 395 g/mol. The molecular formula is C25H34N2O2. The van der Waals surface area contributed by atoms with Gasteiger partial charge < -0.3 is 15.3 Å². The van der Waals surface area contributed by atoms with Crippen LogP contribution in [0.4, 0.5) is 0 Å². The maximum absolute atomic E-state index is 12.7. The van der Waals surface area contributed by atoms with Crippen molar-refractivity contribution in [2.75, 3.05) is 26.2 Å². The van der Waals surface area contributed by atoms with Crippen molar-refractivity contribution in [2.24, 2.45) is 5.41 Å². The van der Waals surface area contributed by atoms with Crippen LogP contribution in [0.5, 0.6) is 0 Å². The van der Waals surface area contributed by atoms with Gasteiger partial charge >= 0.3 is 0 Å². The molecule has 4 heteroatoms. The van der Waals surface area contributed by atoms with Crippen LogP contribution in [0.15, 0.2) is 53.3 Å². The molecule has 1 fully saturated rings. The summed E-state index contributed by atoms with van der Waals surface area (Å²) in [7, 11) is 0. The predicted octanol–water partition coefficient (Wildman–Crippen LogP) is 5.10. The maximum Gasteiger partial charge on any atom is 0.253 e. The topological polar surface area (TPSA) is 52.6 Å². The lowest BCUT2D eigenvalue weighted by atomic mass is 9.67. The smallest absolute Gasteiger partial charge is 0.253 e. The molecule has 156 valence electrons. The maximum atomic E-state index is 12.7. The Labute approximate surface area is 175 Å². The van der Waals surface area contributed by atoms with Crippen molar-refractivity contribution in [3.8, 4) is 0 Å². The Morgan fingerprint density at radius 2 is 1.79 bits per heavy atom. The molecule has 1 saturated heterocycles. The van der Waals surface area contributed by atoms with Crippen LogP contribution in [-0.2, 0) is 0 Å². The van der Waals surface area contributed by atoms with Gasteiger partial charge in [-0.3, -0.25) is 4.79 Å². The minimum Gasteiger partial charge on any atom is -0.513 e. The first kappa shape index (κ1) is 21.4. The minimum absolute atomic E-state index is 0.0760. The van der Waals surface area contributed by atoms with Crippen LogP contribution in [0.25, 0.3) is 5.57 Å². The number of aliphatic hydroxyl groups excluding tert-OH is 1. The standard InChI is InChI=1S/C25H34N2O2/c1-5-27(6-2)24(29)21-9-7-20(8-10-21)23-17-25(11-13-26-14-12-25)16-18(3)22(23)15-19(4)28/h7-10,15,17,26,28H,5-6,11-14,16H2,1-4H3/b19-15+. The summed E-state index contributed by atoms with van der Waals surface area (Å²) >= 11 is 0. The molecule has 1 heterocycles. The molecule has 29 heavy (non-hydrogen) atoms. The zero-order valence-corrected chi connectivity index (χ0v) is 18.2. The fourth-order valence-electron chi connectivity index (χ4n) is 4.67. The number of aliphatic hydroxyl groups is 1. The molecule has 0 aromatic heterocycles. The van der Waals surface area contributed by atoms with Crippen molar-refractivity contribution in [3.05, 3.63) is 64.4 Å². The average Bonchev–Trinajstić information content (AvgIpc) is 2.71. The number of piperidine rings is 1. The van der Waals surface area contributed by atoms with Crippen molar-refractivity contribution in [1.82, 2.24) is 10.2 Å². The number of benzene rings is 1. The highest BCUT2D eigenvalue weighted by molar-refractivity contribution is 5.95. The van der Waals surface area contributed by atoms with Crippen LogP contribution in [-0.4, -0.2) is 42.1 Å². The summed E-state index contributed by atoms with van der Waals surface area (Å²) in [6.07, 6.45) is 7.60. The highest BCUT2D eigenvalue weighted by Crippen LogP contribution is 2.46. The normalized spacial score (nSPS) is 19.3. The van der Waals surface area contributed by atoms with E-state index in [0.29, 0.717) is 18.8 Å². The van der Waals surface area contributed by atoms with Crippen molar-refractivity contribution in [2.45, 2.75) is 47.0 Å². The Hall–Kier alpha value is -2.33. The van der Waals surface area contributed by atoms with Crippen LogP contribution in [0, 0.1) is 5.41 Å². The highest BCUT2D eigenvalue weighted by atomic mass is 16.3. The van der Waals surface area contributed by atoms with E-state index in [4.69, 9.17) is 0 Å². The summed E-state index contributed by atoms with van der Waals surface area (Å²) in [6, 6.07) is 7.97. The Morgan fingerprint density at radius 3 is 2.34 bits per heavy atom. The summed E-state index contributed by atoms with van der Waals surface area (Å²) in [5, 5.41) is 13.4. The van der Waals surface area contributed by atoms with Crippen molar-refractivity contribution in [1.29, 1.82) is 0 Å². The largest absolute Gasteiger partial charge is 0.513 e. The van der Waals surface area contributed by atoms with Gasteiger partial charge in [0.2, 0.25) is 0 Å². The number of nitrogens with one attached hydrogen (secondary N) is 1. The van der Waals surface area contributed by atoms with E-state index in [1.807, 2.05) is 37.0 Å². The Balaban J connectivity index is 2.00. The number of rotatable bonds is 5. The van der Waals surface area contributed by atoms with Gasteiger partial charge in [0.05, 0.1) is 5.76 Å². The first-order valence-electron chi connectivity index (χ1n) is 10.8. The summed E-state index contributed by atoms with van der Waals surface area (Å²) < 4.78 is 0. The molecule has 0 unspecified atom stereocenters. The molecule has 2 N–H and O–H groups in total.